The van der Waals surface area contributed by atoms with Crippen LogP contribution in [0.2, 0.25) is 0 Å². The molecule has 10 aromatic rings. The Hall–Kier alpha value is -7.74. The highest BCUT2D eigenvalue weighted by Gasteiger charge is 2.54. The summed E-state index contributed by atoms with van der Waals surface area (Å²) < 4.78 is 0. The van der Waals surface area contributed by atoms with E-state index in [1.165, 1.54) is 88.7 Å². The fraction of sp³-hybridized carbons (Fsp3) is 0.0645. The molecule has 0 atom stereocenters. The number of benzene rings is 10. The van der Waals surface area contributed by atoms with Crippen LogP contribution in [-0.2, 0) is 10.8 Å². The third-order valence-electron chi connectivity index (χ3n) is 13.9. The molecule has 10 aromatic carbocycles. The van der Waals surface area contributed by atoms with Gasteiger partial charge in [0, 0.05) is 22.5 Å². The predicted molar refractivity (Wildman–Crippen MR) is 264 cm³/mol. The lowest BCUT2D eigenvalue weighted by Crippen LogP contribution is -2.40. The number of hydrogen-bond donors (Lipinski definition) is 0. The van der Waals surface area contributed by atoms with Gasteiger partial charge < -0.3 is 4.90 Å². The number of rotatable bonds is 6. The molecule has 0 amide bonds. The van der Waals surface area contributed by atoms with E-state index >= 15 is 0 Å². The molecule has 0 saturated carbocycles. The molecule has 2 aliphatic carbocycles. The van der Waals surface area contributed by atoms with Crippen molar-refractivity contribution in [2.75, 3.05) is 4.90 Å². The average Bonchev–Trinajstić information content (AvgIpc) is 3.65. The van der Waals surface area contributed by atoms with Gasteiger partial charge in [0.05, 0.1) is 5.41 Å². The van der Waals surface area contributed by atoms with E-state index in [1.54, 1.807) is 0 Å². The molecule has 0 N–H and O–H groups in total. The van der Waals surface area contributed by atoms with Crippen LogP contribution in [0.25, 0.3) is 55.3 Å². The van der Waals surface area contributed by atoms with Gasteiger partial charge >= 0.3 is 0 Å². The molecule has 0 bridgehead atoms. The zero-order valence-electron chi connectivity index (χ0n) is 35.5. The Labute approximate surface area is 370 Å². The third kappa shape index (κ3) is 5.63. The van der Waals surface area contributed by atoms with Gasteiger partial charge in [-0.3, -0.25) is 0 Å². The quantitative estimate of drug-likeness (QED) is 0.162. The van der Waals surface area contributed by atoms with Crippen LogP contribution in [-0.4, -0.2) is 0 Å². The molecule has 1 nitrogen and oxygen atoms in total. The van der Waals surface area contributed by atoms with Gasteiger partial charge in [-0.05, 0) is 125 Å². The van der Waals surface area contributed by atoms with Crippen LogP contribution >= 0.6 is 0 Å². The van der Waals surface area contributed by atoms with Crippen LogP contribution in [0.3, 0.4) is 0 Å². The molecular weight excluding hydrogens is 759 g/mol. The zero-order chi connectivity index (χ0) is 42.1. The Balaban J connectivity index is 1.06. The smallest absolute Gasteiger partial charge is 0.0725 e. The highest BCUT2D eigenvalue weighted by atomic mass is 15.1. The van der Waals surface area contributed by atoms with Crippen molar-refractivity contribution in [1.82, 2.24) is 0 Å². The van der Waals surface area contributed by atoms with E-state index in [9.17, 15) is 0 Å². The average molecular weight is 804 g/mol. The normalized spacial score (nSPS) is 13.8. The van der Waals surface area contributed by atoms with Crippen molar-refractivity contribution in [2.45, 2.75) is 24.7 Å². The summed E-state index contributed by atoms with van der Waals surface area (Å²) in [6, 6.07) is 87.7. The first-order valence-corrected chi connectivity index (χ1v) is 22.1. The maximum absolute atomic E-state index is 2.42. The molecule has 1 heteroatoms. The van der Waals surface area contributed by atoms with Gasteiger partial charge in [0.1, 0.15) is 0 Å². The second kappa shape index (κ2) is 14.4. The molecule has 0 radical (unpaired) electrons. The minimum absolute atomic E-state index is 0.162. The minimum Gasteiger partial charge on any atom is -0.310 e. The molecule has 0 aliphatic heterocycles. The maximum Gasteiger partial charge on any atom is 0.0725 e. The molecule has 0 heterocycles. The van der Waals surface area contributed by atoms with Gasteiger partial charge in [-0.1, -0.05) is 214 Å². The van der Waals surface area contributed by atoms with Gasteiger partial charge in [-0.15, -0.1) is 0 Å². The summed E-state index contributed by atoms with van der Waals surface area (Å²) in [4.78, 5) is 2.42. The van der Waals surface area contributed by atoms with E-state index in [4.69, 9.17) is 0 Å². The van der Waals surface area contributed by atoms with Crippen LogP contribution in [0.5, 0.6) is 0 Å². The van der Waals surface area contributed by atoms with Gasteiger partial charge in [0.25, 0.3) is 0 Å². The molecular formula is C62H45N. The van der Waals surface area contributed by atoms with Crippen LogP contribution in [0.15, 0.2) is 237 Å². The molecule has 12 rings (SSSR count). The molecule has 2 aliphatic rings. The second-order valence-corrected chi connectivity index (χ2v) is 17.6. The lowest BCUT2D eigenvalue weighted by molar-refractivity contribution is 0.563. The summed E-state index contributed by atoms with van der Waals surface area (Å²) in [5.41, 5.74) is 20.8. The lowest BCUT2D eigenvalue weighted by atomic mass is 9.55. The van der Waals surface area contributed by atoms with Crippen LogP contribution in [0.4, 0.5) is 17.1 Å². The van der Waals surface area contributed by atoms with E-state index in [1.807, 2.05) is 0 Å². The fourth-order valence-electron chi connectivity index (χ4n) is 11.1. The van der Waals surface area contributed by atoms with Crippen molar-refractivity contribution in [2.24, 2.45) is 0 Å². The SMILES string of the molecule is CC1(C)c2ccccc2C2(c3ccccc3-c3cccc(-c4cccc(N(c5ccc(-c6ccccc6-c6ccccc6)cc5)c5ccc6ccccc6c5)c4)c32)c2ccccc21. The summed E-state index contributed by atoms with van der Waals surface area (Å²) in [5, 5.41) is 2.44. The number of nitrogens with zero attached hydrogens (tertiary/aromatic N) is 1. The van der Waals surface area contributed by atoms with Crippen molar-refractivity contribution < 1.29 is 0 Å². The Morgan fingerprint density at radius 2 is 0.762 bits per heavy atom. The number of hydrogen-bond acceptors (Lipinski definition) is 1. The fourth-order valence-corrected chi connectivity index (χ4v) is 11.1. The highest BCUT2D eigenvalue weighted by Crippen LogP contribution is 2.63. The summed E-state index contributed by atoms with van der Waals surface area (Å²) >= 11 is 0. The topological polar surface area (TPSA) is 3.24 Å². The zero-order valence-corrected chi connectivity index (χ0v) is 35.5. The third-order valence-corrected chi connectivity index (χ3v) is 13.9. The highest BCUT2D eigenvalue weighted by molar-refractivity contribution is 5.96. The van der Waals surface area contributed by atoms with E-state index in [-0.39, 0.29) is 5.41 Å². The summed E-state index contributed by atoms with van der Waals surface area (Å²) in [6.45, 7) is 4.79. The van der Waals surface area contributed by atoms with Crippen molar-refractivity contribution in [3.63, 3.8) is 0 Å². The Bertz CT molecular complexity index is 3320. The van der Waals surface area contributed by atoms with Gasteiger partial charge in [-0.2, -0.15) is 0 Å². The lowest BCUT2D eigenvalue weighted by Gasteiger charge is -2.47. The first kappa shape index (κ1) is 37.1. The first-order valence-electron chi connectivity index (χ1n) is 22.1. The van der Waals surface area contributed by atoms with Gasteiger partial charge in [-0.25, -0.2) is 0 Å². The standard InChI is InChI=1S/C62H45N/c1-61(2)56-30-12-14-32-58(56)62(59-33-15-13-31-57(59)61)55-29-11-10-26-53(55)54-28-17-27-52(60(54)62)46-22-16-23-48(41-46)63(49-39-34-42-18-6-7-21-45(42)40-49)47-37-35-44(36-38-47)51-25-9-8-24-50(51)43-19-4-3-5-20-43/h3-41H,1-2H3. The number of anilines is 3. The summed E-state index contributed by atoms with van der Waals surface area (Å²) in [5.74, 6) is 0. The minimum atomic E-state index is -0.495. The molecule has 1 spiro atoms. The monoisotopic (exact) mass is 803 g/mol. The van der Waals surface area contributed by atoms with Crippen molar-refractivity contribution in [3.05, 3.63) is 270 Å². The van der Waals surface area contributed by atoms with Crippen molar-refractivity contribution in [1.29, 1.82) is 0 Å². The van der Waals surface area contributed by atoms with E-state index in [0.717, 1.165) is 17.1 Å². The van der Waals surface area contributed by atoms with Crippen LogP contribution in [0.1, 0.15) is 47.2 Å². The van der Waals surface area contributed by atoms with E-state index < -0.39 is 5.41 Å². The Morgan fingerprint density at radius 1 is 0.286 bits per heavy atom. The molecule has 0 unspecified atom stereocenters. The Morgan fingerprint density at radius 3 is 1.46 bits per heavy atom. The molecule has 63 heavy (non-hydrogen) atoms. The second-order valence-electron chi connectivity index (χ2n) is 17.6. The van der Waals surface area contributed by atoms with Gasteiger partial charge in [0.15, 0.2) is 0 Å². The van der Waals surface area contributed by atoms with Gasteiger partial charge in [0.2, 0.25) is 0 Å². The molecule has 298 valence electrons. The molecule has 0 fully saturated rings. The van der Waals surface area contributed by atoms with Crippen LogP contribution in [0, 0.1) is 0 Å². The van der Waals surface area contributed by atoms with Crippen molar-refractivity contribution in [3.8, 4) is 44.5 Å². The molecule has 0 saturated heterocycles. The number of fused-ring (bicyclic) bond motifs is 10. The largest absolute Gasteiger partial charge is 0.310 e. The van der Waals surface area contributed by atoms with Crippen LogP contribution < -0.4 is 4.90 Å². The van der Waals surface area contributed by atoms with Crippen molar-refractivity contribution >= 4 is 27.8 Å². The Kier molecular flexibility index (Phi) is 8.49. The summed E-state index contributed by atoms with van der Waals surface area (Å²) in [7, 11) is 0. The summed E-state index contributed by atoms with van der Waals surface area (Å²) in [6.07, 6.45) is 0. The maximum atomic E-state index is 2.42. The van der Waals surface area contributed by atoms with E-state index in [2.05, 4.69) is 255 Å². The van der Waals surface area contributed by atoms with E-state index in [0.29, 0.717) is 0 Å². The molecule has 0 aromatic heterocycles. The first-order chi connectivity index (χ1) is 31.0. The predicted octanol–water partition coefficient (Wildman–Crippen LogP) is 16.3.